The first-order valence-electron chi connectivity index (χ1n) is 26.7. The molecule has 0 aliphatic carbocycles. The van der Waals surface area contributed by atoms with Gasteiger partial charge in [0.1, 0.15) is 19.3 Å². The Bertz CT molecular complexity index is 1100. The fourth-order valence-corrected chi connectivity index (χ4v) is 8.30. The Balaban J connectivity index is 4.12. The fourth-order valence-electron chi connectivity index (χ4n) is 7.56. The van der Waals surface area contributed by atoms with E-state index in [9.17, 15) is 14.3 Å². The number of hydrogen-bond acceptors (Lipinski definition) is 6. The maximum atomic E-state index is 12.8. The number of ether oxygens (including phenoxy) is 2. The quantitative estimate of drug-likeness (QED) is 0.0214. The molecule has 0 radical (unpaired) electrons. The first-order valence-corrected chi connectivity index (χ1v) is 28.2. The second-order valence-electron chi connectivity index (χ2n) is 19.3. The van der Waals surface area contributed by atoms with Gasteiger partial charge in [-0.05, 0) is 51.4 Å². The number of rotatable bonds is 50. The van der Waals surface area contributed by atoms with Crippen LogP contribution in [-0.2, 0) is 27.9 Å². The molecule has 0 amide bonds. The summed E-state index contributed by atoms with van der Waals surface area (Å²) in [5, 5.41) is 0. The Labute approximate surface area is 391 Å². The van der Waals surface area contributed by atoms with Crippen molar-refractivity contribution in [2.24, 2.45) is 0 Å². The first kappa shape index (κ1) is 61.7. The Kier molecular flexibility index (Phi) is 46.3. The SMILES string of the molecule is CCCCC/C=C\C/C=C\C/C=C\CCCCCCCCCOCC(COP(=O)(O)OCC[N+](C)(C)C)OC(=O)CCCCCCCCCCCCCCCCCCCCCCC. The predicted octanol–water partition coefficient (Wildman–Crippen LogP) is 16.5. The van der Waals surface area contributed by atoms with Crippen molar-refractivity contribution in [3.05, 3.63) is 36.5 Å². The number of likely N-dealkylation sites (N-methyl/N-ethyl adjacent to an activating group) is 1. The van der Waals surface area contributed by atoms with Crippen LogP contribution in [0.15, 0.2) is 36.5 Å². The highest BCUT2D eigenvalue weighted by Gasteiger charge is 2.26. The Morgan fingerprint density at radius 2 is 0.873 bits per heavy atom. The number of quaternary nitrogens is 1. The Morgan fingerprint density at radius 1 is 0.492 bits per heavy atom. The third-order valence-electron chi connectivity index (χ3n) is 11.7. The molecule has 0 spiro atoms. The summed E-state index contributed by atoms with van der Waals surface area (Å²) in [6.45, 7) is 5.62. The maximum absolute atomic E-state index is 12.8. The van der Waals surface area contributed by atoms with E-state index in [0.29, 0.717) is 24.1 Å². The van der Waals surface area contributed by atoms with Crippen LogP contribution < -0.4 is 0 Å². The van der Waals surface area contributed by atoms with Gasteiger partial charge in [-0.25, -0.2) is 4.57 Å². The van der Waals surface area contributed by atoms with Crippen molar-refractivity contribution in [3.8, 4) is 0 Å². The lowest BCUT2D eigenvalue weighted by Crippen LogP contribution is -2.37. The normalized spacial score (nSPS) is 13.8. The molecule has 372 valence electrons. The molecule has 0 aliphatic heterocycles. The molecule has 1 N–H and O–H groups in total. The monoisotopic (exact) mass is 911 g/mol. The highest BCUT2D eigenvalue weighted by molar-refractivity contribution is 7.47. The third-order valence-corrected chi connectivity index (χ3v) is 12.7. The van der Waals surface area contributed by atoms with Crippen molar-refractivity contribution >= 4 is 13.8 Å². The second kappa shape index (κ2) is 47.2. The summed E-state index contributed by atoms with van der Waals surface area (Å²) < 4.78 is 35.2. The topological polar surface area (TPSA) is 91.3 Å². The minimum atomic E-state index is -4.28. The largest absolute Gasteiger partial charge is 0.472 e. The third kappa shape index (κ3) is 51.6. The van der Waals surface area contributed by atoms with Gasteiger partial charge in [0.25, 0.3) is 0 Å². The maximum Gasteiger partial charge on any atom is 0.472 e. The zero-order chi connectivity index (χ0) is 46.2. The number of carbonyl (C=O) groups is 1. The number of hydrogen-bond donors (Lipinski definition) is 1. The van der Waals surface area contributed by atoms with Gasteiger partial charge in [-0.1, -0.05) is 224 Å². The lowest BCUT2D eigenvalue weighted by Gasteiger charge is -2.24. The average Bonchev–Trinajstić information content (AvgIpc) is 3.24. The standard InChI is InChI=1S/C54H104NO7P/c1-6-8-10-12-14-16-18-20-22-24-26-28-29-31-33-35-37-39-41-43-45-47-54(56)62-53(52-61-63(57,58)60-50-48-55(3,4)5)51-59-49-46-44-42-40-38-36-34-32-30-27-25-23-21-19-17-15-13-11-9-7-2/h15,17,21,23,27,30,53H,6-14,16,18-20,22,24-26,28-29,31-52H2,1-5H3/p+1/b17-15-,23-21-,30-27-. The van der Waals surface area contributed by atoms with Gasteiger partial charge in [0.15, 0.2) is 0 Å². The van der Waals surface area contributed by atoms with Crippen LogP contribution in [0, 0.1) is 0 Å². The van der Waals surface area contributed by atoms with Crippen molar-refractivity contribution < 1.29 is 37.3 Å². The molecule has 0 rings (SSSR count). The van der Waals surface area contributed by atoms with Crippen molar-refractivity contribution in [2.45, 2.75) is 251 Å². The van der Waals surface area contributed by atoms with Crippen molar-refractivity contribution in [1.82, 2.24) is 0 Å². The van der Waals surface area contributed by atoms with Gasteiger partial charge in [-0.15, -0.1) is 0 Å². The van der Waals surface area contributed by atoms with Gasteiger partial charge in [-0.2, -0.15) is 0 Å². The van der Waals surface area contributed by atoms with E-state index < -0.39 is 13.9 Å². The average molecular weight is 911 g/mol. The molecular formula is C54H105NO7P+. The summed E-state index contributed by atoms with van der Waals surface area (Å²) >= 11 is 0. The van der Waals surface area contributed by atoms with Gasteiger partial charge in [0, 0.05) is 13.0 Å². The minimum absolute atomic E-state index is 0.0876. The van der Waals surface area contributed by atoms with E-state index in [4.69, 9.17) is 18.5 Å². The van der Waals surface area contributed by atoms with Crippen LogP contribution in [0.5, 0.6) is 0 Å². The van der Waals surface area contributed by atoms with Crippen molar-refractivity contribution in [3.63, 3.8) is 0 Å². The number of phosphoric acid groups is 1. The number of allylic oxidation sites excluding steroid dienone is 6. The molecule has 0 aliphatic rings. The second-order valence-corrected chi connectivity index (χ2v) is 20.7. The lowest BCUT2D eigenvalue weighted by molar-refractivity contribution is -0.870. The lowest BCUT2D eigenvalue weighted by atomic mass is 10.0. The molecule has 0 fully saturated rings. The highest BCUT2D eigenvalue weighted by atomic mass is 31.2. The molecule has 9 heteroatoms. The fraction of sp³-hybridized carbons (Fsp3) is 0.870. The van der Waals surface area contributed by atoms with Crippen LogP contribution in [0.3, 0.4) is 0 Å². The summed E-state index contributed by atoms with van der Waals surface area (Å²) in [4.78, 5) is 23.0. The van der Waals surface area contributed by atoms with E-state index in [1.165, 1.54) is 173 Å². The number of nitrogens with zero attached hydrogens (tertiary/aromatic N) is 1. The zero-order valence-electron chi connectivity index (χ0n) is 42.3. The molecule has 2 unspecified atom stereocenters. The number of esters is 1. The van der Waals surface area contributed by atoms with Gasteiger partial charge in [0.2, 0.25) is 0 Å². The van der Waals surface area contributed by atoms with Crippen LogP contribution in [0.25, 0.3) is 0 Å². The van der Waals surface area contributed by atoms with Gasteiger partial charge >= 0.3 is 13.8 Å². The van der Waals surface area contributed by atoms with Crippen LogP contribution in [-0.4, -0.2) is 75.6 Å². The summed E-state index contributed by atoms with van der Waals surface area (Å²) in [6, 6.07) is 0. The molecule has 2 atom stereocenters. The smallest absolute Gasteiger partial charge is 0.457 e. The molecule has 0 saturated heterocycles. The van der Waals surface area contributed by atoms with E-state index in [0.717, 1.165) is 51.4 Å². The summed E-state index contributed by atoms with van der Waals surface area (Å²) in [7, 11) is 1.67. The molecule has 0 aromatic rings. The van der Waals surface area contributed by atoms with Crippen LogP contribution in [0.1, 0.15) is 245 Å². The summed E-state index contributed by atoms with van der Waals surface area (Å²) in [5.74, 6) is -0.312. The van der Waals surface area contributed by atoms with Crippen molar-refractivity contribution in [2.75, 3.05) is 54.1 Å². The van der Waals surface area contributed by atoms with E-state index in [2.05, 4.69) is 50.3 Å². The van der Waals surface area contributed by atoms with Crippen molar-refractivity contribution in [1.29, 1.82) is 0 Å². The van der Waals surface area contributed by atoms with Gasteiger partial charge < -0.3 is 18.9 Å². The van der Waals surface area contributed by atoms with Gasteiger partial charge in [-0.3, -0.25) is 13.8 Å². The Hall–Kier alpha value is -1.28. The summed E-state index contributed by atoms with van der Waals surface area (Å²) in [6.07, 6.45) is 57.6. The van der Waals surface area contributed by atoms with E-state index in [1.807, 2.05) is 21.1 Å². The minimum Gasteiger partial charge on any atom is -0.457 e. The molecule has 0 saturated carbocycles. The molecule has 0 heterocycles. The van der Waals surface area contributed by atoms with Crippen LogP contribution in [0.4, 0.5) is 0 Å². The molecule has 0 aromatic carbocycles. The summed E-state index contributed by atoms with van der Waals surface area (Å²) in [5.41, 5.74) is 0. The Morgan fingerprint density at radius 3 is 1.33 bits per heavy atom. The van der Waals surface area contributed by atoms with Crippen LogP contribution in [0.2, 0.25) is 0 Å². The zero-order valence-corrected chi connectivity index (χ0v) is 43.2. The molecule has 0 aromatic heterocycles. The van der Waals surface area contributed by atoms with E-state index in [1.54, 1.807) is 0 Å². The van der Waals surface area contributed by atoms with E-state index in [-0.39, 0.29) is 25.8 Å². The number of unbranched alkanes of at least 4 members (excludes halogenated alkanes) is 30. The first-order chi connectivity index (χ1) is 30.6. The van der Waals surface area contributed by atoms with Gasteiger partial charge in [0.05, 0.1) is 34.4 Å². The molecule has 63 heavy (non-hydrogen) atoms. The molecule has 8 nitrogen and oxygen atoms in total. The molecular weight excluding hydrogens is 806 g/mol. The number of carbonyl (C=O) groups excluding carboxylic acids is 1. The highest BCUT2D eigenvalue weighted by Crippen LogP contribution is 2.43. The van der Waals surface area contributed by atoms with E-state index >= 15 is 0 Å². The number of phosphoric ester groups is 1. The molecule has 0 bridgehead atoms. The predicted molar refractivity (Wildman–Crippen MR) is 270 cm³/mol. The van der Waals surface area contributed by atoms with Crippen LogP contribution >= 0.6 is 7.82 Å².